The maximum atomic E-state index is 12.8. The first-order chi connectivity index (χ1) is 30.4. The highest BCUT2D eigenvalue weighted by atomic mass is 31.2. The molecule has 0 amide bonds. The topological polar surface area (TPSA) is 210 Å². The first-order valence-electron chi connectivity index (χ1n) is 25.5. The quantitative estimate of drug-likeness (QED) is 0.0146. The van der Waals surface area contributed by atoms with Gasteiger partial charge in [-0.1, -0.05) is 193 Å². The second kappa shape index (κ2) is 39.7. The minimum atomic E-state index is -5.12. The number of allylic oxidation sites excluding steroid dienone is 2. The van der Waals surface area contributed by atoms with Gasteiger partial charge in [-0.3, -0.25) is 18.6 Å². The lowest BCUT2D eigenvalue weighted by atomic mass is 9.85. The molecular formula is C49H93O13P. The zero-order chi connectivity index (χ0) is 46.4. The van der Waals surface area contributed by atoms with E-state index in [0.29, 0.717) is 12.8 Å². The van der Waals surface area contributed by atoms with E-state index in [-0.39, 0.29) is 12.8 Å². The fourth-order valence-electron chi connectivity index (χ4n) is 7.99. The number of hydrogen-bond acceptors (Lipinski definition) is 12. The molecule has 0 aromatic carbocycles. The van der Waals surface area contributed by atoms with E-state index < -0.39 is 75.7 Å². The van der Waals surface area contributed by atoms with Crippen LogP contribution in [0.15, 0.2) is 12.2 Å². The molecule has 1 saturated carbocycles. The molecule has 8 atom stereocenters. The molecule has 0 bridgehead atoms. The van der Waals surface area contributed by atoms with Crippen LogP contribution >= 0.6 is 7.82 Å². The number of rotatable bonds is 43. The van der Waals surface area contributed by atoms with Gasteiger partial charge < -0.3 is 39.9 Å². The standard InChI is InChI=1S/C49H93O13P/c1-3-5-7-9-11-13-15-17-19-20-21-22-24-25-27-29-31-33-35-37-42(50)59-39-41(40-60-63(57,58)62-49-47(55)45(53)44(52)46(54)48(49)56)61-43(51)38-36-34-32-30-28-26-23-18-16-14-12-10-8-6-4-2/h26,28,41,44-49,52-56H,3-25,27,29-40H2,1-2H3,(H,57,58)/b28-26+/t41-,44?,45-,46?,47?,48?,49?/m0/s1. The summed E-state index contributed by atoms with van der Waals surface area (Å²) >= 11 is 0. The van der Waals surface area contributed by atoms with Crippen molar-refractivity contribution in [3.63, 3.8) is 0 Å². The fourth-order valence-corrected chi connectivity index (χ4v) is 8.96. The summed E-state index contributed by atoms with van der Waals surface area (Å²) in [6.07, 6.45) is 29.8. The molecule has 0 aromatic rings. The molecule has 13 nitrogen and oxygen atoms in total. The van der Waals surface area contributed by atoms with Crippen molar-refractivity contribution in [2.24, 2.45) is 0 Å². The van der Waals surface area contributed by atoms with Crippen LogP contribution in [0.2, 0.25) is 0 Å². The molecule has 372 valence electrons. The summed E-state index contributed by atoms with van der Waals surface area (Å²) in [7, 11) is -5.12. The number of aliphatic hydroxyl groups is 5. The predicted octanol–water partition coefficient (Wildman–Crippen LogP) is 10.6. The number of phosphoric ester groups is 1. The van der Waals surface area contributed by atoms with E-state index in [1.54, 1.807) is 0 Å². The van der Waals surface area contributed by atoms with Gasteiger partial charge in [-0.25, -0.2) is 4.57 Å². The van der Waals surface area contributed by atoms with Gasteiger partial charge in [0.05, 0.1) is 6.61 Å². The van der Waals surface area contributed by atoms with Crippen LogP contribution in [0.3, 0.4) is 0 Å². The predicted molar refractivity (Wildman–Crippen MR) is 249 cm³/mol. The molecule has 6 N–H and O–H groups in total. The third kappa shape index (κ3) is 32.0. The Labute approximate surface area is 382 Å². The first-order valence-corrected chi connectivity index (χ1v) is 27.0. The second-order valence-corrected chi connectivity index (χ2v) is 19.4. The molecule has 1 rings (SSSR count). The summed E-state index contributed by atoms with van der Waals surface area (Å²) in [4.78, 5) is 35.8. The monoisotopic (exact) mass is 921 g/mol. The second-order valence-electron chi connectivity index (χ2n) is 18.0. The zero-order valence-corrected chi connectivity index (χ0v) is 40.5. The SMILES string of the molecule is CCCCCCCCCC/C=C/CCCCCC(=O)O[C@@H](COC(=O)CCCCCCCCCCCCCCCCCCCCC)COP(=O)(O)OC1C(O)C(O)C(O)[C@H](O)C1O. The lowest BCUT2D eigenvalue weighted by molar-refractivity contribution is -0.220. The lowest BCUT2D eigenvalue weighted by Gasteiger charge is -2.41. The fraction of sp³-hybridized carbons (Fsp3) is 0.918. The van der Waals surface area contributed by atoms with Crippen LogP contribution in [-0.2, 0) is 32.7 Å². The number of hydrogen-bond donors (Lipinski definition) is 6. The van der Waals surface area contributed by atoms with Gasteiger partial charge in [0, 0.05) is 12.8 Å². The molecule has 0 radical (unpaired) electrons. The minimum absolute atomic E-state index is 0.0810. The zero-order valence-electron chi connectivity index (χ0n) is 39.6. The molecule has 1 fully saturated rings. The average molecular weight is 921 g/mol. The van der Waals surface area contributed by atoms with E-state index in [1.807, 2.05) is 0 Å². The normalized spacial score (nSPS) is 21.7. The molecule has 63 heavy (non-hydrogen) atoms. The van der Waals surface area contributed by atoms with Crippen molar-refractivity contribution in [2.45, 2.75) is 275 Å². The van der Waals surface area contributed by atoms with Crippen LogP contribution in [-0.4, -0.2) is 98.3 Å². The number of unbranched alkanes of at least 4 members (excludes halogenated alkanes) is 29. The Morgan fingerprint density at radius 3 is 1.22 bits per heavy atom. The maximum absolute atomic E-state index is 12.8. The Morgan fingerprint density at radius 1 is 0.476 bits per heavy atom. The van der Waals surface area contributed by atoms with Gasteiger partial charge in [-0.15, -0.1) is 0 Å². The summed E-state index contributed by atoms with van der Waals surface area (Å²) in [6, 6.07) is 0. The number of aliphatic hydroxyl groups excluding tert-OH is 5. The van der Waals surface area contributed by atoms with E-state index in [9.17, 15) is 44.6 Å². The number of phosphoric acid groups is 1. The highest BCUT2D eigenvalue weighted by Crippen LogP contribution is 2.47. The van der Waals surface area contributed by atoms with E-state index in [0.717, 1.165) is 44.9 Å². The van der Waals surface area contributed by atoms with Crippen LogP contribution in [0.5, 0.6) is 0 Å². The number of ether oxygens (including phenoxy) is 2. The molecule has 0 aliphatic heterocycles. The summed E-state index contributed by atoms with van der Waals surface area (Å²) in [5, 5.41) is 50.2. The summed E-state index contributed by atoms with van der Waals surface area (Å²) < 4.78 is 33.6. The lowest BCUT2D eigenvalue weighted by Crippen LogP contribution is -2.64. The summed E-state index contributed by atoms with van der Waals surface area (Å²) in [5.74, 6) is -1.10. The van der Waals surface area contributed by atoms with Crippen LogP contribution in [0.4, 0.5) is 0 Å². The summed E-state index contributed by atoms with van der Waals surface area (Å²) in [5.41, 5.74) is 0. The van der Waals surface area contributed by atoms with E-state index >= 15 is 0 Å². The van der Waals surface area contributed by atoms with Crippen molar-refractivity contribution >= 4 is 19.8 Å². The van der Waals surface area contributed by atoms with Crippen molar-refractivity contribution in [3.05, 3.63) is 12.2 Å². The van der Waals surface area contributed by atoms with E-state index in [2.05, 4.69) is 26.0 Å². The maximum Gasteiger partial charge on any atom is 0.472 e. The molecule has 6 unspecified atom stereocenters. The number of carbonyl (C=O) groups excluding carboxylic acids is 2. The van der Waals surface area contributed by atoms with E-state index in [4.69, 9.17) is 18.5 Å². The van der Waals surface area contributed by atoms with Crippen molar-refractivity contribution in [2.75, 3.05) is 13.2 Å². The van der Waals surface area contributed by atoms with Crippen molar-refractivity contribution in [3.8, 4) is 0 Å². The summed E-state index contributed by atoms with van der Waals surface area (Å²) in [6.45, 7) is 3.32. The molecule has 0 saturated heterocycles. The Kier molecular flexibility index (Phi) is 37.6. The molecule has 0 spiro atoms. The molecular weight excluding hydrogens is 828 g/mol. The highest BCUT2D eigenvalue weighted by molar-refractivity contribution is 7.47. The Balaban J connectivity index is 2.39. The average Bonchev–Trinajstić information content (AvgIpc) is 3.26. The van der Waals surface area contributed by atoms with Crippen molar-refractivity contribution in [1.29, 1.82) is 0 Å². The van der Waals surface area contributed by atoms with Gasteiger partial charge in [-0.05, 0) is 38.5 Å². The van der Waals surface area contributed by atoms with Gasteiger partial charge in [0.25, 0.3) is 0 Å². The van der Waals surface area contributed by atoms with Gasteiger partial charge >= 0.3 is 19.8 Å². The first kappa shape index (κ1) is 59.6. The third-order valence-electron chi connectivity index (χ3n) is 12.1. The van der Waals surface area contributed by atoms with E-state index in [1.165, 1.54) is 148 Å². The molecule has 14 heteroatoms. The van der Waals surface area contributed by atoms with Crippen LogP contribution < -0.4 is 0 Å². The van der Waals surface area contributed by atoms with Crippen LogP contribution in [0.1, 0.15) is 232 Å². The van der Waals surface area contributed by atoms with Gasteiger partial charge in [-0.2, -0.15) is 0 Å². The van der Waals surface area contributed by atoms with Crippen LogP contribution in [0, 0.1) is 0 Å². The van der Waals surface area contributed by atoms with Crippen molar-refractivity contribution in [1.82, 2.24) is 0 Å². The number of esters is 2. The molecule has 1 aliphatic carbocycles. The minimum Gasteiger partial charge on any atom is -0.462 e. The highest BCUT2D eigenvalue weighted by Gasteiger charge is 2.51. The Morgan fingerprint density at radius 2 is 0.810 bits per heavy atom. The Hall–Kier alpha value is -1.41. The third-order valence-corrected chi connectivity index (χ3v) is 13.1. The van der Waals surface area contributed by atoms with Crippen LogP contribution in [0.25, 0.3) is 0 Å². The number of carbonyl (C=O) groups is 2. The van der Waals surface area contributed by atoms with Gasteiger partial charge in [0.15, 0.2) is 6.10 Å². The Bertz CT molecular complexity index is 1160. The van der Waals surface area contributed by atoms with Gasteiger partial charge in [0.1, 0.15) is 43.2 Å². The molecule has 0 aromatic heterocycles. The molecule has 0 heterocycles. The molecule has 1 aliphatic rings. The largest absolute Gasteiger partial charge is 0.472 e. The van der Waals surface area contributed by atoms with Crippen molar-refractivity contribution < 1.29 is 63.1 Å². The van der Waals surface area contributed by atoms with Gasteiger partial charge in [0.2, 0.25) is 0 Å². The smallest absolute Gasteiger partial charge is 0.462 e.